The minimum absolute atomic E-state index is 0.108. The number of hydrogen-bond donors (Lipinski definition) is 1. The van der Waals surface area contributed by atoms with Gasteiger partial charge in [-0.15, -0.1) is 0 Å². The highest BCUT2D eigenvalue weighted by Crippen LogP contribution is 2.10. The summed E-state index contributed by atoms with van der Waals surface area (Å²) in [6.07, 6.45) is 3.50. The smallest absolute Gasteiger partial charge is 0.242 e. The van der Waals surface area contributed by atoms with E-state index >= 15 is 0 Å². The number of nitrogens with one attached hydrogen (secondary N) is 1. The van der Waals surface area contributed by atoms with Crippen LogP contribution in [0.1, 0.15) is 32.6 Å². The van der Waals surface area contributed by atoms with E-state index in [-0.39, 0.29) is 5.91 Å². The second-order valence-corrected chi connectivity index (χ2v) is 3.36. The minimum atomic E-state index is 0.108. The molecule has 0 unspecified atom stereocenters. The van der Waals surface area contributed by atoms with Crippen molar-refractivity contribution in [2.45, 2.75) is 32.6 Å². The minimum Gasteiger partial charge on any atom is -0.273 e. The van der Waals surface area contributed by atoms with Crippen LogP contribution < -0.4 is 5.43 Å². The van der Waals surface area contributed by atoms with Crippen molar-refractivity contribution in [3.05, 3.63) is 0 Å². The van der Waals surface area contributed by atoms with E-state index in [0.29, 0.717) is 6.42 Å². The van der Waals surface area contributed by atoms with Gasteiger partial charge in [-0.05, 0) is 6.42 Å². The number of hydrazine groups is 1. The van der Waals surface area contributed by atoms with Crippen molar-refractivity contribution in [1.29, 1.82) is 0 Å². The SMILES string of the molecule is CCCCNN1C(=O)CCC1=S. The van der Waals surface area contributed by atoms with Crippen LogP contribution in [0, 0.1) is 0 Å². The average molecular weight is 186 g/mol. The van der Waals surface area contributed by atoms with E-state index in [9.17, 15) is 4.79 Å². The fourth-order valence-corrected chi connectivity index (χ4v) is 1.39. The van der Waals surface area contributed by atoms with Crippen LogP contribution >= 0.6 is 12.2 Å². The molecule has 0 aliphatic carbocycles. The Morgan fingerprint density at radius 2 is 2.33 bits per heavy atom. The summed E-state index contributed by atoms with van der Waals surface area (Å²) in [5.41, 5.74) is 3.02. The molecule has 1 aliphatic rings. The number of rotatable bonds is 4. The Labute approximate surface area is 78.1 Å². The van der Waals surface area contributed by atoms with Gasteiger partial charge in [0.15, 0.2) is 0 Å². The number of thiocarbonyl (C=S) groups is 1. The molecule has 0 bridgehead atoms. The first-order valence-electron chi connectivity index (χ1n) is 4.35. The molecule has 0 radical (unpaired) electrons. The van der Waals surface area contributed by atoms with E-state index in [4.69, 9.17) is 12.2 Å². The molecule has 0 aromatic rings. The highest BCUT2D eigenvalue weighted by atomic mass is 32.1. The fourth-order valence-electron chi connectivity index (χ4n) is 1.12. The van der Waals surface area contributed by atoms with Gasteiger partial charge >= 0.3 is 0 Å². The second-order valence-electron chi connectivity index (χ2n) is 2.88. The molecule has 0 aromatic carbocycles. The lowest BCUT2D eigenvalue weighted by Gasteiger charge is -2.16. The van der Waals surface area contributed by atoms with Crippen LogP contribution in [0.2, 0.25) is 0 Å². The van der Waals surface area contributed by atoms with E-state index in [1.807, 2.05) is 0 Å². The molecule has 0 atom stereocenters. The molecule has 1 amide bonds. The molecule has 1 saturated heterocycles. The topological polar surface area (TPSA) is 32.3 Å². The molecule has 68 valence electrons. The van der Waals surface area contributed by atoms with Gasteiger partial charge in [-0.3, -0.25) is 4.79 Å². The molecule has 4 heteroatoms. The van der Waals surface area contributed by atoms with Crippen LogP contribution in [-0.2, 0) is 4.79 Å². The predicted molar refractivity (Wildman–Crippen MR) is 51.6 cm³/mol. The monoisotopic (exact) mass is 186 g/mol. The van der Waals surface area contributed by atoms with Crippen molar-refractivity contribution in [3.63, 3.8) is 0 Å². The molecule has 1 fully saturated rings. The third-order valence-corrected chi connectivity index (χ3v) is 2.24. The number of unbranched alkanes of at least 4 members (excludes halogenated alkanes) is 1. The maximum Gasteiger partial charge on any atom is 0.242 e. The van der Waals surface area contributed by atoms with Gasteiger partial charge in [-0.1, -0.05) is 25.6 Å². The molecule has 1 N–H and O–H groups in total. The summed E-state index contributed by atoms with van der Waals surface area (Å²) in [5.74, 6) is 0.108. The van der Waals surface area contributed by atoms with Crippen molar-refractivity contribution in [2.24, 2.45) is 0 Å². The van der Waals surface area contributed by atoms with E-state index < -0.39 is 0 Å². The van der Waals surface area contributed by atoms with Crippen molar-refractivity contribution in [1.82, 2.24) is 10.4 Å². The fraction of sp³-hybridized carbons (Fsp3) is 0.750. The number of amides is 1. The van der Waals surface area contributed by atoms with Gasteiger partial charge in [0, 0.05) is 19.4 Å². The van der Waals surface area contributed by atoms with Crippen molar-refractivity contribution >= 4 is 23.1 Å². The number of hydrogen-bond acceptors (Lipinski definition) is 3. The van der Waals surface area contributed by atoms with Gasteiger partial charge in [-0.2, -0.15) is 0 Å². The molecule has 1 aliphatic heterocycles. The van der Waals surface area contributed by atoms with Crippen molar-refractivity contribution in [3.8, 4) is 0 Å². The summed E-state index contributed by atoms with van der Waals surface area (Å²) in [5, 5.41) is 1.52. The molecule has 1 rings (SSSR count). The van der Waals surface area contributed by atoms with Gasteiger partial charge in [0.1, 0.15) is 4.99 Å². The van der Waals surface area contributed by atoms with Gasteiger partial charge in [0.05, 0.1) is 0 Å². The van der Waals surface area contributed by atoms with Gasteiger partial charge in [-0.25, -0.2) is 10.4 Å². The molecular weight excluding hydrogens is 172 g/mol. The van der Waals surface area contributed by atoms with Gasteiger partial charge in [0.25, 0.3) is 0 Å². The normalized spacial score (nSPS) is 17.6. The van der Waals surface area contributed by atoms with Crippen molar-refractivity contribution in [2.75, 3.05) is 6.54 Å². The Bertz CT molecular complexity index is 177. The third kappa shape index (κ3) is 2.25. The Morgan fingerprint density at radius 1 is 1.58 bits per heavy atom. The first-order chi connectivity index (χ1) is 5.75. The largest absolute Gasteiger partial charge is 0.273 e. The van der Waals surface area contributed by atoms with Crippen LogP contribution in [0.15, 0.2) is 0 Å². The summed E-state index contributed by atoms with van der Waals surface area (Å²) in [4.78, 5) is 11.9. The molecule has 0 spiro atoms. The Morgan fingerprint density at radius 3 is 2.83 bits per heavy atom. The van der Waals surface area contributed by atoms with Gasteiger partial charge < -0.3 is 0 Å². The van der Waals surface area contributed by atoms with E-state index in [0.717, 1.165) is 30.8 Å². The number of carbonyl (C=O) groups excluding carboxylic acids is 1. The summed E-state index contributed by atoms with van der Waals surface area (Å²) in [6.45, 7) is 2.95. The Kier molecular flexibility index (Phi) is 3.62. The molecule has 3 nitrogen and oxygen atoms in total. The number of carbonyl (C=O) groups is 1. The first-order valence-corrected chi connectivity index (χ1v) is 4.76. The summed E-state index contributed by atoms with van der Waals surface area (Å²) >= 11 is 5.01. The zero-order chi connectivity index (χ0) is 8.97. The summed E-state index contributed by atoms with van der Waals surface area (Å²) < 4.78 is 0. The first kappa shape index (κ1) is 9.61. The van der Waals surface area contributed by atoms with Crippen LogP contribution in [0.3, 0.4) is 0 Å². The highest BCUT2D eigenvalue weighted by Gasteiger charge is 2.24. The van der Waals surface area contributed by atoms with Gasteiger partial charge in [0.2, 0.25) is 5.91 Å². The van der Waals surface area contributed by atoms with Crippen LogP contribution in [-0.4, -0.2) is 22.4 Å². The third-order valence-electron chi connectivity index (χ3n) is 1.85. The Balaban J connectivity index is 2.30. The molecule has 0 saturated carbocycles. The highest BCUT2D eigenvalue weighted by molar-refractivity contribution is 7.80. The summed E-state index contributed by atoms with van der Waals surface area (Å²) in [7, 11) is 0. The van der Waals surface area contributed by atoms with Crippen LogP contribution in [0.5, 0.6) is 0 Å². The zero-order valence-corrected chi connectivity index (χ0v) is 8.12. The molecule has 0 aromatic heterocycles. The zero-order valence-electron chi connectivity index (χ0n) is 7.30. The number of nitrogens with zero attached hydrogens (tertiary/aromatic N) is 1. The molecule has 1 heterocycles. The summed E-state index contributed by atoms with van der Waals surface area (Å²) in [6, 6.07) is 0. The van der Waals surface area contributed by atoms with E-state index in [2.05, 4.69) is 12.3 Å². The lowest BCUT2D eigenvalue weighted by atomic mass is 10.3. The van der Waals surface area contributed by atoms with E-state index in [1.54, 1.807) is 0 Å². The lowest BCUT2D eigenvalue weighted by molar-refractivity contribution is -0.127. The maximum atomic E-state index is 11.2. The quantitative estimate of drug-likeness (QED) is 0.529. The lowest BCUT2D eigenvalue weighted by Crippen LogP contribution is -2.41. The van der Waals surface area contributed by atoms with Crippen molar-refractivity contribution < 1.29 is 4.79 Å². The Hall–Kier alpha value is -0.480. The van der Waals surface area contributed by atoms with E-state index in [1.165, 1.54) is 5.01 Å². The molecule has 12 heavy (non-hydrogen) atoms. The standard InChI is InChI=1S/C8H14N2OS/c1-2-3-6-9-10-7(11)4-5-8(10)12/h9H,2-6H2,1H3. The van der Waals surface area contributed by atoms with Crippen LogP contribution in [0.4, 0.5) is 0 Å². The predicted octanol–water partition coefficient (Wildman–Crippen LogP) is 1.24. The van der Waals surface area contributed by atoms with Crippen LogP contribution in [0.25, 0.3) is 0 Å². The molecular formula is C8H14N2OS. The maximum absolute atomic E-state index is 11.2. The average Bonchev–Trinajstić information content (AvgIpc) is 2.35. The second kappa shape index (κ2) is 4.52.